The van der Waals surface area contributed by atoms with Crippen LogP contribution in [0.1, 0.15) is 13.3 Å². The predicted octanol–water partition coefficient (Wildman–Crippen LogP) is 2.46. The fourth-order valence-electron chi connectivity index (χ4n) is 1.09. The van der Waals surface area contributed by atoms with Gasteiger partial charge in [-0.05, 0) is 18.2 Å². The number of carbonyl (C=O) groups excluding carboxylic acids is 2. The summed E-state index contributed by atoms with van der Waals surface area (Å²) in [4.78, 5) is 22.4. The highest BCUT2D eigenvalue weighted by Gasteiger charge is 2.07. The van der Waals surface area contributed by atoms with Gasteiger partial charge in [0.2, 0.25) is 11.8 Å². The molecule has 2 amide bonds. The van der Waals surface area contributed by atoms with Crippen molar-refractivity contribution in [2.24, 2.45) is 0 Å². The lowest BCUT2D eigenvalue weighted by atomic mass is 10.3. The molecular formula is C11H12Cl2N2O2. The lowest BCUT2D eigenvalue weighted by Crippen LogP contribution is -2.32. The third kappa shape index (κ3) is 4.63. The van der Waals surface area contributed by atoms with E-state index in [0.29, 0.717) is 22.2 Å². The number of benzene rings is 1. The first kappa shape index (κ1) is 13.8. The standard InChI is InChI=1S/C11H12Cl2N2O2/c1-2-10(16)14-6-11(17)15-9-4-3-7(12)5-8(9)13/h3-5H,2,6H2,1H3,(H,14,16)(H,15,17). The van der Waals surface area contributed by atoms with E-state index in [2.05, 4.69) is 10.6 Å². The summed E-state index contributed by atoms with van der Waals surface area (Å²) in [5, 5.41) is 5.88. The van der Waals surface area contributed by atoms with Crippen LogP contribution in [0.3, 0.4) is 0 Å². The summed E-state index contributed by atoms with van der Waals surface area (Å²) in [5.74, 6) is -0.515. The second-order valence-electron chi connectivity index (χ2n) is 3.30. The predicted molar refractivity (Wildman–Crippen MR) is 68.4 cm³/mol. The summed E-state index contributed by atoms with van der Waals surface area (Å²) in [7, 11) is 0. The number of halogens is 2. The van der Waals surface area contributed by atoms with Gasteiger partial charge in [-0.3, -0.25) is 9.59 Å². The monoisotopic (exact) mass is 274 g/mol. The van der Waals surface area contributed by atoms with Crippen LogP contribution >= 0.6 is 23.2 Å². The van der Waals surface area contributed by atoms with Crippen molar-refractivity contribution >= 4 is 40.7 Å². The number of hydrogen-bond donors (Lipinski definition) is 2. The van der Waals surface area contributed by atoms with E-state index >= 15 is 0 Å². The van der Waals surface area contributed by atoms with Crippen molar-refractivity contribution in [1.29, 1.82) is 0 Å². The summed E-state index contributed by atoms with van der Waals surface area (Å²) in [6.45, 7) is 1.63. The Labute approximate surface area is 109 Å². The number of anilines is 1. The van der Waals surface area contributed by atoms with Crippen molar-refractivity contribution < 1.29 is 9.59 Å². The van der Waals surface area contributed by atoms with Gasteiger partial charge in [-0.2, -0.15) is 0 Å². The van der Waals surface area contributed by atoms with Crippen LogP contribution in [-0.4, -0.2) is 18.4 Å². The molecule has 0 saturated carbocycles. The van der Waals surface area contributed by atoms with E-state index in [1.54, 1.807) is 19.1 Å². The van der Waals surface area contributed by atoms with Gasteiger partial charge in [0, 0.05) is 11.4 Å². The number of hydrogen-bond acceptors (Lipinski definition) is 2. The van der Waals surface area contributed by atoms with Gasteiger partial charge in [-0.1, -0.05) is 30.1 Å². The summed E-state index contributed by atoms with van der Waals surface area (Å²) >= 11 is 11.6. The molecule has 0 saturated heterocycles. The number of amides is 2. The van der Waals surface area contributed by atoms with Gasteiger partial charge < -0.3 is 10.6 Å². The van der Waals surface area contributed by atoms with Crippen LogP contribution in [0.25, 0.3) is 0 Å². The molecule has 1 rings (SSSR count). The van der Waals surface area contributed by atoms with Crippen LogP contribution in [0.5, 0.6) is 0 Å². The lowest BCUT2D eigenvalue weighted by Gasteiger charge is -2.08. The van der Waals surface area contributed by atoms with Crippen LogP contribution < -0.4 is 10.6 Å². The van der Waals surface area contributed by atoms with Crippen LogP contribution in [0.4, 0.5) is 5.69 Å². The highest BCUT2D eigenvalue weighted by atomic mass is 35.5. The van der Waals surface area contributed by atoms with E-state index in [4.69, 9.17) is 23.2 Å². The second kappa shape index (κ2) is 6.47. The molecule has 0 aromatic heterocycles. The Morgan fingerprint density at radius 1 is 1.24 bits per heavy atom. The molecule has 17 heavy (non-hydrogen) atoms. The van der Waals surface area contributed by atoms with Gasteiger partial charge in [0.15, 0.2) is 0 Å². The molecule has 0 aliphatic heterocycles. The molecule has 1 aromatic rings. The molecule has 0 atom stereocenters. The Hall–Kier alpha value is -1.26. The number of carbonyl (C=O) groups is 2. The molecule has 92 valence electrons. The van der Waals surface area contributed by atoms with Crippen LogP contribution in [0.15, 0.2) is 18.2 Å². The van der Waals surface area contributed by atoms with E-state index < -0.39 is 0 Å². The van der Waals surface area contributed by atoms with Crippen LogP contribution in [0.2, 0.25) is 10.0 Å². The zero-order chi connectivity index (χ0) is 12.8. The molecular weight excluding hydrogens is 263 g/mol. The summed E-state index contributed by atoms with van der Waals surface area (Å²) in [5.41, 5.74) is 0.465. The van der Waals surface area contributed by atoms with E-state index in [9.17, 15) is 9.59 Å². The first-order chi connectivity index (χ1) is 8.02. The molecule has 0 radical (unpaired) electrons. The van der Waals surface area contributed by atoms with E-state index in [-0.39, 0.29) is 18.4 Å². The third-order valence-electron chi connectivity index (χ3n) is 1.97. The summed E-state index contributed by atoms with van der Waals surface area (Å²) in [6.07, 6.45) is 0.342. The quantitative estimate of drug-likeness (QED) is 0.886. The maximum atomic E-state index is 11.5. The van der Waals surface area contributed by atoms with Crippen molar-refractivity contribution in [1.82, 2.24) is 5.32 Å². The Morgan fingerprint density at radius 3 is 2.53 bits per heavy atom. The maximum absolute atomic E-state index is 11.5. The highest BCUT2D eigenvalue weighted by Crippen LogP contribution is 2.25. The van der Waals surface area contributed by atoms with Gasteiger partial charge >= 0.3 is 0 Å². The van der Waals surface area contributed by atoms with Crippen molar-refractivity contribution in [3.05, 3.63) is 28.2 Å². The molecule has 0 bridgehead atoms. The van der Waals surface area contributed by atoms with Gasteiger partial charge in [0.1, 0.15) is 0 Å². The normalized spacial score (nSPS) is 9.82. The van der Waals surface area contributed by atoms with Crippen molar-refractivity contribution in [2.75, 3.05) is 11.9 Å². The Balaban J connectivity index is 2.53. The average Bonchev–Trinajstić information content (AvgIpc) is 2.29. The summed E-state index contributed by atoms with van der Waals surface area (Å²) < 4.78 is 0. The highest BCUT2D eigenvalue weighted by molar-refractivity contribution is 6.36. The number of nitrogens with one attached hydrogen (secondary N) is 2. The van der Waals surface area contributed by atoms with Gasteiger partial charge in [-0.25, -0.2) is 0 Å². The van der Waals surface area contributed by atoms with E-state index in [1.807, 2.05) is 0 Å². The minimum absolute atomic E-state index is 0.0777. The molecule has 0 spiro atoms. The molecule has 6 heteroatoms. The number of rotatable bonds is 4. The maximum Gasteiger partial charge on any atom is 0.243 e. The average molecular weight is 275 g/mol. The van der Waals surface area contributed by atoms with Gasteiger partial charge in [0.25, 0.3) is 0 Å². The Bertz CT molecular complexity index is 435. The minimum Gasteiger partial charge on any atom is -0.347 e. The first-order valence-corrected chi connectivity index (χ1v) is 5.80. The van der Waals surface area contributed by atoms with Crippen molar-refractivity contribution in [3.8, 4) is 0 Å². The smallest absolute Gasteiger partial charge is 0.243 e. The van der Waals surface area contributed by atoms with Gasteiger partial charge in [0.05, 0.1) is 17.3 Å². The van der Waals surface area contributed by atoms with Gasteiger partial charge in [-0.15, -0.1) is 0 Å². The fourth-order valence-corrected chi connectivity index (χ4v) is 1.54. The minimum atomic E-state index is -0.337. The molecule has 0 aliphatic rings. The van der Waals surface area contributed by atoms with E-state index in [1.165, 1.54) is 6.07 Å². The fraction of sp³-hybridized carbons (Fsp3) is 0.273. The first-order valence-electron chi connectivity index (χ1n) is 5.04. The topological polar surface area (TPSA) is 58.2 Å². The van der Waals surface area contributed by atoms with Crippen LogP contribution in [0, 0.1) is 0 Å². The van der Waals surface area contributed by atoms with Crippen molar-refractivity contribution in [3.63, 3.8) is 0 Å². The molecule has 0 heterocycles. The molecule has 0 aliphatic carbocycles. The largest absolute Gasteiger partial charge is 0.347 e. The molecule has 1 aromatic carbocycles. The zero-order valence-corrected chi connectivity index (χ0v) is 10.7. The second-order valence-corrected chi connectivity index (χ2v) is 4.15. The SMILES string of the molecule is CCC(=O)NCC(=O)Nc1ccc(Cl)cc1Cl. The van der Waals surface area contributed by atoms with E-state index in [0.717, 1.165) is 0 Å². The molecule has 4 nitrogen and oxygen atoms in total. The molecule has 2 N–H and O–H groups in total. The zero-order valence-electron chi connectivity index (χ0n) is 9.22. The third-order valence-corrected chi connectivity index (χ3v) is 2.52. The Morgan fingerprint density at radius 2 is 1.94 bits per heavy atom. The molecule has 0 unspecified atom stereocenters. The van der Waals surface area contributed by atoms with Crippen LogP contribution in [-0.2, 0) is 9.59 Å². The Kier molecular flexibility index (Phi) is 5.25. The summed E-state index contributed by atoms with van der Waals surface area (Å²) in [6, 6.07) is 4.75. The molecule has 0 fully saturated rings. The lowest BCUT2D eigenvalue weighted by molar-refractivity contribution is -0.123. The van der Waals surface area contributed by atoms with Crippen molar-refractivity contribution in [2.45, 2.75) is 13.3 Å².